The van der Waals surface area contributed by atoms with E-state index >= 15 is 0 Å². The Morgan fingerprint density at radius 1 is 1.06 bits per heavy atom. The van der Waals surface area contributed by atoms with E-state index in [1.165, 1.54) is 0 Å². The SMILES string of the molecule is COc1ccc(C)cc1NC(=O)C(NCC1COc2ccccc2O1)c1ccccc1. The van der Waals surface area contributed by atoms with E-state index in [0.717, 1.165) is 16.9 Å². The molecule has 31 heavy (non-hydrogen) atoms. The third kappa shape index (κ3) is 4.98. The number of aryl methyl sites for hydroxylation is 1. The van der Waals surface area contributed by atoms with Gasteiger partial charge in [0.05, 0.1) is 12.8 Å². The number of carbonyl (C=O) groups excluding carboxylic acids is 1. The van der Waals surface area contributed by atoms with Gasteiger partial charge in [0.2, 0.25) is 5.91 Å². The fourth-order valence-electron chi connectivity index (χ4n) is 3.54. The number of amides is 1. The highest BCUT2D eigenvalue weighted by atomic mass is 16.6. The highest BCUT2D eigenvalue weighted by Gasteiger charge is 2.26. The molecule has 1 amide bonds. The lowest BCUT2D eigenvalue weighted by Crippen LogP contribution is -2.42. The summed E-state index contributed by atoms with van der Waals surface area (Å²) in [4.78, 5) is 13.3. The van der Waals surface area contributed by atoms with E-state index in [4.69, 9.17) is 14.2 Å². The molecular weight excluding hydrogens is 392 g/mol. The molecule has 160 valence electrons. The molecule has 0 aliphatic carbocycles. The fourth-order valence-corrected chi connectivity index (χ4v) is 3.54. The molecular formula is C25H26N2O4. The number of anilines is 1. The summed E-state index contributed by atoms with van der Waals surface area (Å²) in [5.74, 6) is 1.90. The molecule has 0 fully saturated rings. The summed E-state index contributed by atoms with van der Waals surface area (Å²) in [6.45, 7) is 2.84. The van der Waals surface area contributed by atoms with Crippen molar-refractivity contribution in [3.63, 3.8) is 0 Å². The van der Waals surface area contributed by atoms with E-state index in [-0.39, 0.29) is 12.0 Å². The molecule has 4 rings (SSSR count). The Morgan fingerprint density at radius 2 is 1.81 bits per heavy atom. The lowest BCUT2D eigenvalue weighted by Gasteiger charge is -2.28. The van der Waals surface area contributed by atoms with Crippen LogP contribution in [-0.2, 0) is 4.79 Å². The Labute approximate surface area is 182 Å². The summed E-state index contributed by atoms with van der Waals surface area (Å²) in [5, 5.41) is 6.36. The number of ether oxygens (including phenoxy) is 3. The van der Waals surface area contributed by atoms with Gasteiger partial charge in [-0.25, -0.2) is 0 Å². The second kappa shape index (κ2) is 9.53. The second-order valence-corrected chi connectivity index (χ2v) is 7.44. The number of rotatable bonds is 7. The molecule has 1 aliphatic heterocycles. The molecule has 1 heterocycles. The number of carbonyl (C=O) groups is 1. The van der Waals surface area contributed by atoms with Crippen LogP contribution in [0.25, 0.3) is 0 Å². The van der Waals surface area contributed by atoms with Crippen molar-refractivity contribution in [2.45, 2.75) is 19.1 Å². The Balaban J connectivity index is 1.49. The Kier molecular flexibility index (Phi) is 6.38. The average Bonchev–Trinajstić information content (AvgIpc) is 2.80. The van der Waals surface area contributed by atoms with Crippen LogP contribution in [0.2, 0.25) is 0 Å². The van der Waals surface area contributed by atoms with Gasteiger partial charge in [-0.15, -0.1) is 0 Å². The Morgan fingerprint density at radius 3 is 2.58 bits per heavy atom. The van der Waals surface area contributed by atoms with Gasteiger partial charge in [0.25, 0.3) is 0 Å². The first kappa shape index (κ1) is 20.8. The van der Waals surface area contributed by atoms with Crippen LogP contribution >= 0.6 is 0 Å². The number of benzene rings is 3. The maximum Gasteiger partial charge on any atom is 0.246 e. The lowest BCUT2D eigenvalue weighted by atomic mass is 10.1. The number of methoxy groups -OCH3 is 1. The number of hydrogen-bond donors (Lipinski definition) is 2. The second-order valence-electron chi connectivity index (χ2n) is 7.44. The predicted molar refractivity (Wildman–Crippen MR) is 120 cm³/mol. The van der Waals surface area contributed by atoms with Gasteiger partial charge in [0.1, 0.15) is 24.5 Å². The van der Waals surface area contributed by atoms with Gasteiger partial charge in [-0.3, -0.25) is 10.1 Å². The van der Waals surface area contributed by atoms with Crippen LogP contribution in [0.1, 0.15) is 17.2 Å². The van der Waals surface area contributed by atoms with Gasteiger partial charge < -0.3 is 19.5 Å². The lowest BCUT2D eigenvalue weighted by molar-refractivity contribution is -0.118. The fraction of sp³-hybridized carbons (Fsp3) is 0.240. The van der Waals surface area contributed by atoms with Crippen molar-refractivity contribution in [3.05, 3.63) is 83.9 Å². The molecule has 0 aromatic heterocycles. The van der Waals surface area contributed by atoms with Crippen molar-refractivity contribution < 1.29 is 19.0 Å². The summed E-state index contributed by atoms with van der Waals surface area (Å²) in [6, 6.07) is 22.3. The molecule has 2 N–H and O–H groups in total. The van der Waals surface area contributed by atoms with Crippen LogP contribution in [0.15, 0.2) is 72.8 Å². The maximum absolute atomic E-state index is 13.3. The molecule has 1 aliphatic rings. The highest BCUT2D eigenvalue weighted by Crippen LogP contribution is 2.31. The van der Waals surface area contributed by atoms with Crippen molar-refractivity contribution >= 4 is 11.6 Å². The zero-order valence-electron chi connectivity index (χ0n) is 17.6. The van der Waals surface area contributed by atoms with Crippen LogP contribution < -0.4 is 24.8 Å². The first-order valence-corrected chi connectivity index (χ1v) is 10.3. The van der Waals surface area contributed by atoms with Crippen LogP contribution in [0.4, 0.5) is 5.69 Å². The van der Waals surface area contributed by atoms with Crippen LogP contribution in [-0.4, -0.2) is 32.3 Å². The minimum absolute atomic E-state index is 0.174. The number of fused-ring (bicyclic) bond motifs is 1. The molecule has 0 spiro atoms. The molecule has 3 aromatic carbocycles. The Hall–Kier alpha value is -3.51. The summed E-state index contributed by atoms with van der Waals surface area (Å²) in [7, 11) is 1.59. The summed E-state index contributed by atoms with van der Waals surface area (Å²) < 4.78 is 17.2. The van der Waals surface area contributed by atoms with Gasteiger partial charge >= 0.3 is 0 Å². The Bertz CT molecular complexity index is 1040. The smallest absolute Gasteiger partial charge is 0.246 e. The van der Waals surface area contributed by atoms with E-state index in [1.54, 1.807) is 7.11 Å². The van der Waals surface area contributed by atoms with Crippen LogP contribution in [0.3, 0.4) is 0 Å². The van der Waals surface area contributed by atoms with E-state index in [2.05, 4.69) is 10.6 Å². The van der Waals surface area contributed by atoms with Gasteiger partial charge in [-0.2, -0.15) is 0 Å². The minimum Gasteiger partial charge on any atom is -0.495 e. The standard InChI is InChI=1S/C25H26N2O4/c1-17-12-13-21(29-2)20(14-17)27-25(28)24(18-8-4-3-5-9-18)26-15-19-16-30-22-10-6-7-11-23(22)31-19/h3-14,19,24,26H,15-16H2,1-2H3,(H,27,28). The van der Waals surface area contributed by atoms with Crippen molar-refractivity contribution in [2.75, 3.05) is 25.6 Å². The topological polar surface area (TPSA) is 68.8 Å². The van der Waals surface area contributed by atoms with Crippen molar-refractivity contribution in [2.24, 2.45) is 0 Å². The molecule has 0 saturated heterocycles. The first-order valence-electron chi connectivity index (χ1n) is 10.3. The number of hydrogen-bond acceptors (Lipinski definition) is 5. The monoisotopic (exact) mass is 418 g/mol. The maximum atomic E-state index is 13.3. The molecule has 6 nitrogen and oxygen atoms in total. The number of para-hydroxylation sites is 2. The van der Waals surface area contributed by atoms with Crippen molar-refractivity contribution in [3.8, 4) is 17.2 Å². The minimum atomic E-state index is -0.563. The summed E-state index contributed by atoms with van der Waals surface area (Å²) in [6.07, 6.45) is -0.206. The molecule has 3 aromatic rings. The van der Waals surface area contributed by atoms with Crippen LogP contribution in [0.5, 0.6) is 17.2 Å². The van der Waals surface area contributed by atoms with Crippen molar-refractivity contribution in [1.29, 1.82) is 0 Å². The van der Waals surface area contributed by atoms with E-state index < -0.39 is 6.04 Å². The quantitative estimate of drug-likeness (QED) is 0.604. The van der Waals surface area contributed by atoms with Gasteiger partial charge in [0.15, 0.2) is 11.5 Å². The first-order chi connectivity index (χ1) is 15.1. The zero-order valence-corrected chi connectivity index (χ0v) is 17.6. The third-order valence-electron chi connectivity index (χ3n) is 5.13. The normalized spacial score (nSPS) is 15.7. The van der Waals surface area contributed by atoms with E-state index in [1.807, 2.05) is 79.7 Å². The molecule has 0 saturated carbocycles. The molecule has 0 bridgehead atoms. The molecule has 2 atom stereocenters. The van der Waals surface area contributed by atoms with E-state index in [9.17, 15) is 4.79 Å². The third-order valence-corrected chi connectivity index (χ3v) is 5.13. The van der Waals surface area contributed by atoms with Crippen LogP contribution in [0, 0.1) is 6.92 Å². The molecule has 6 heteroatoms. The largest absolute Gasteiger partial charge is 0.495 e. The molecule has 0 radical (unpaired) electrons. The predicted octanol–water partition coefficient (Wildman–Crippen LogP) is 4.11. The van der Waals surface area contributed by atoms with Gasteiger partial charge in [-0.1, -0.05) is 48.5 Å². The van der Waals surface area contributed by atoms with Crippen molar-refractivity contribution in [1.82, 2.24) is 5.32 Å². The van der Waals surface area contributed by atoms with Gasteiger partial charge in [0, 0.05) is 6.54 Å². The number of nitrogens with one attached hydrogen (secondary N) is 2. The van der Waals surface area contributed by atoms with E-state index in [0.29, 0.717) is 30.3 Å². The highest BCUT2D eigenvalue weighted by molar-refractivity contribution is 5.96. The molecule has 2 unspecified atom stereocenters. The summed E-state index contributed by atoms with van der Waals surface area (Å²) in [5.41, 5.74) is 2.54. The summed E-state index contributed by atoms with van der Waals surface area (Å²) >= 11 is 0. The van der Waals surface area contributed by atoms with Gasteiger partial charge in [-0.05, 0) is 42.3 Å². The average molecular weight is 418 g/mol. The zero-order chi connectivity index (χ0) is 21.6.